The SMILES string of the molecule is COc1ccc(C(=O)NCC2(C)CCCNC2)c(OC)c1.Cl. The Morgan fingerprint density at radius 2 is 2.14 bits per heavy atom. The van der Waals surface area contributed by atoms with E-state index in [1.54, 1.807) is 32.4 Å². The summed E-state index contributed by atoms with van der Waals surface area (Å²) >= 11 is 0. The van der Waals surface area contributed by atoms with Crippen molar-refractivity contribution >= 4 is 18.3 Å². The molecule has 5 nitrogen and oxygen atoms in total. The highest BCUT2D eigenvalue weighted by Crippen LogP contribution is 2.26. The molecule has 1 aromatic carbocycles. The topological polar surface area (TPSA) is 59.6 Å². The Balaban J connectivity index is 0.00000242. The second-order valence-electron chi connectivity index (χ2n) is 5.84. The molecule has 1 heterocycles. The van der Waals surface area contributed by atoms with Gasteiger partial charge in [-0.25, -0.2) is 0 Å². The number of halogens is 1. The number of methoxy groups -OCH3 is 2. The molecule has 1 amide bonds. The standard InChI is InChI=1S/C16H24N2O3.ClH/c1-16(7-4-8-17-10-16)11-18-15(19)13-6-5-12(20-2)9-14(13)21-3;/h5-6,9,17H,4,7-8,10-11H2,1-3H3,(H,18,19);1H. The van der Waals surface area contributed by atoms with Crippen molar-refractivity contribution in [3.63, 3.8) is 0 Å². The van der Waals surface area contributed by atoms with Crippen molar-refractivity contribution in [3.8, 4) is 11.5 Å². The third-order valence-corrected chi connectivity index (χ3v) is 4.01. The zero-order valence-corrected chi connectivity index (χ0v) is 14.2. The fourth-order valence-corrected chi connectivity index (χ4v) is 2.64. The van der Waals surface area contributed by atoms with Crippen LogP contribution < -0.4 is 20.1 Å². The van der Waals surface area contributed by atoms with E-state index in [2.05, 4.69) is 17.6 Å². The lowest BCUT2D eigenvalue weighted by molar-refractivity contribution is 0.0921. The van der Waals surface area contributed by atoms with Gasteiger partial charge in [0.15, 0.2) is 0 Å². The number of carbonyl (C=O) groups is 1. The Morgan fingerprint density at radius 3 is 2.73 bits per heavy atom. The highest BCUT2D eigenvalue weighted by molar-refractivity contribution is 5.97. The fraction of sp³-hybridized carbons (Fsp3) is 0.562. The third-order valence-electron chi connectivity index (χ3n) is 4.01. The predicted octanol–water partition coefficient (Wildman–Crippen LogP) is 2.25. The molecule has 0 aliphatic carbocycles. The van der Waals surface area contributed by atoms with Gasteiger partial charge in [-0.05, 0) is 36.9 Å². The maximum Gasteiger partial charge on any atom is 0.255 e. The van der Waals surface area contributed by atoms with Gasteiger partial charge in [-0.15, -0.1) is 12.4 Å². The van der Waals surface area contributed by atoms with E-state index >= 15 is 0 Å². The molecule has 1 aliphatic rings. The summed E-state index contributed by atoms with van der Waals surface area (Å²) < 4.78 is 10.4. The molecular formula is C16H25ClN2O3. The molecule has 1 aliphatic heterocycles. The molecule has 0 bridgehead atoms. The van der Waals surface area contributed by atoms with Crippen LogP contribution in [0.2, 0.25) is 0 Å². The van der Waals surface area contributed by atoms with E-state index in [0.717, 1.165) is 25.9 Å². The quantitative estimate of drug-likeness (QED) is 0.870. The third kappa shape index (κ3) is 4.52. The minimum absolute atomic E-state index is 0. The van der Waals surface area contributed by atoms with E-state index in [1.165, 1.54) is 0 Å². The van der Waals surface area contributed by atoms with Crippen molar-refractivity contribution < 1.29 is 14.3 Å². The van der Waals surface area contributed by atoms with Gasteiger partial charge < -0.3 is 20.1 Å². The molecule has 6 heteroatoms. The first kappa shape index (κ1) is 18.6. The molecule has 0 spiro atoms. The second-order valence-corrected chi connectivity index (χ2v) is 5.84. The Hall–Kier alpha value is -1.46. The number of benzene rings is 1. The summed E-state index contributed by atoms with van der Waals surface area (Å²) in [4.78, 5) is 12.4. The molecule has 0 radical (unpaired) electrons. The van der Waals surface area contributed by atoms with Crippen LogP contribution in [0, 0.1) is 5.41 Å². The summed E-state index contributed by atoms with van der Waals surface area (Å²) in [6, 6.07) is 5.22. The van der Waals surface area contributed by atoms with Crippen LogP contribution in [0.5, 0.6) is 11.5 Å². The van der Waals surface area contributed by atoms with Crippen LogP contribution in [0.4, 0.5) is 0 Å². The van der Waals surface area contributed by atoms with E-state index < -0.39 is 0 Å². The van der Waals surface area contributed by atoms with Gasteiger partial charge in [0.05, 0.1) is 19.8 Å². The Labute approximate surface area is 138 Å². The number of amides is 1. The highest BCUT2D eigenvalue weighted by Gasteiger charge is 2.27. The van der Waals surface area contributed by atoms with Gasteiger partial charge in [0, 0.05) is 19.2 Å². The summed E-state index contributed by atoms with van der Waals surface area (Å²) in [6.45, 7) is 4.86. The van der Waals surface area contributed by atoms with Crippen molar-refractivity contribution in [2.75, 3.05) is 33.9 Å². The molecule has 2 N–H and O–H groups in total. The van der Waals surface area contributed by atoms with E-state index in [-0.39, 0.29) is 23.7 Å². The predicted molar refractivity (Wildman–Crippen MR) is 89.3 cm³/mol. The van der Waals surface area contributed by atoms with Gasteiger partial charge >= 0.3 is 0 Å². The van der Waals surface area contributed by atoms with Crippen LogP contribution in [-0.2, 0) is 0 Å². The maximum absolute atomic E-state index is 12.4. The van der Waals surface area contributed by atoms with Crippen molar-refractivity contribution in [1.29, 1.82) is 0 Å². The largest absolute Gasteiger partial charge is 0.497 e. The van der Waals surface area contributed by atoms with Gasteiger partial charge in [-0.3, -0.25) is 4.79 Å². The van der Waals surface area contributed by atoms with Gasteiger partial charge in [-0.2, -0.15) is 0 Å². The molecular weight excluding hydrogens is 304 g/mol. The molecule has 2 rings (SSSR count). The molecule has 1 fully saturated rings. The second kappa shape index (κ2) is 8.25. The van der Waals surface area contributed by atoms with Crippen molar-refractivity contribution in [2.24, 2.45) is 5.41 Å². The Bertz CT molecular complexity index is 502. The highest BCUT2D eigenvalue weighted by atomic mass is 35.5. The monoisotopic (exact) mass is 328 g/mol. The molecule has 1 atom stereocenters. The van der Waals surface area contributed by atoms with Gasteiger partial charge in [0.2, 0.25) is 0 Å². The summed E-state index contributed by atoms with van der Waals surface area (Å²) in [5, 5.41) is 6.41. The average Bonchev–Trinajstić information content (AvgIpc) is 2.52. The van der Waals surface area contributed by atoms with E-state index in [0.29, 0.717) is 23.6 Å². The molecule has 1 saturated heterocycles. The molecule has 1 unspecified atom stereocenters. The summed E-state index contributed by atoms with van der Waals surface area (Å²) in [5.74, 6) is 1.09. The minimum Gasteiger partial charge on any atom is -0.497 e. The molecule has 124 valence electrons. The number of carbonyl (C=O) groups excluding carboxylic acids is 1. The van der Waals surface area contributed by atoms with Crippen LogP contribution in [0.15, 0.2) is 18.2 Å². The Morgan fingerprint density at radius 1 is 1.36 bits per heavy atom. The van der Waals surface area contributed by atoms with Crippen molar-refractivity contribution in [1.82, 2.24) is 10.6 Å². The molecule has 0 saturated carbocycles. The fourth-order valence-electron chi connectivity index (χ4n) is 2.64. The zero-order chi connectivity index (χ0) is 15.3. The molecule has 0 aromatic heterocycles. The first-order chi connectivity index (χ1) is 10.1. The first-order valence-electron chi connectivity index (χ1n) is 7.29. The van der Waals surface area contributed by atoms with Gasteiger partial charge in [0.25, 0.3) is 5.91 Å². The number of nitrogens with one attached hydrogen (secondary N) is 2. The van der Waals surface area contributed by atoms with Gasteiger partial charge in [-0.1, -0.05) is 6.92 Å². The molecule has 22 heavy (non-hydrogen) atoms. The minimum atomic E-state index is -0.110. The molecule has 1 aromatic rings. The van der Waals surface area contributed by atoms with E-state index in [1.807, 2.05) is 0 Å². The van der Waals surface area contributed by atoms with Crippen LogP contribution in [0.3, 0.4) is 0 Å². The number of hydrogen-bond donors (Lipinski definition) is 2. The summed E-state index contributed by atoms with van der Waals surface area (Å²) in [7, 11) is 3.14. The zero-order valence-electron chi connectivity index (χ0n) is 13.4. The van der Waals surface area contributed by atoms with Crippen LogP contribution in [0.25, 0.3) is 0 Å². The smallest absolute Gasteiger partial charge is 0.255 e. The number of piperidine rings is 1. The number of hydrogen-bond acceptors (Lipinski definition) is 4. The first-order valence-corrected chi connectivity index (χ1v) is 7.29. The van der Waals surface area contributed by atoms with Crippen molar-refractivity contribution in [2.45, 2.75) is 19.8 Å². The van der Waals surface area contributed by atoms with Crippen molar-refractivity contribution in [3.05, 3.63) is 23.8 Å². The Kier molecular flexibility index (Phi) is 6.97. The maximum atomic E-state index is 12.4. The van der Waals surface area contributed by atoms with Crippen LogP contribution in [-0.4, -0.2) is 39.8 Å². The summed E-state index contributed by atoms with van der Waals surface area (Å²) in [5.41, 5.74) is 0.652. The van der Waals surface area contributed by atoms with E-state index in [9.17, 15) is 4.79 Å². The number of rotatable bonds is 5. The lowest BCUT2D eigenvalue weighted by Gasteiger charge is -2.34. The lowest BCUT2D eigenvalue weighted by Crippen LogP contribution is -2.45. The van der Waals surface area contributed by atoms with Gasteiger partial charge in [0.1, 0.15) is 11.5 Å². The number of ether oxygens (including phenoxy) is 2. The lowest BCUT2D eigenvalue weighted by atomic mass is 9.83. The summed E-state index contributed by atoms with van der Waals surface area (Å²) in [6.07, 6.45) is 2.28. The normalized spacial score (nSPS) is 20.7. The van der Waals surface area contributed by atoms with Crippen LogP contribution in [0.1, 0.15) is 30.1 Å². The average molecular weight is 329 g/mol. The van der Waals surface area contributed by atoms with Crippen LogP contribution >= 0.6 is 12.4 Å². The van der Waals surface area contributed by atoms with E-state index in [4.69, 9.17) is 9.47 Å².